The molecule has 1 aliphatic heterocycles. The lowest BCUT2D eigenvalue weighted by atomic mass is 10.2. The molecule has 0 unspecified atom stereocenters. The predicted octanol–water partition coefficient (Wildman–Crippen LogP) is 1.10. The van der Waals surface area contributed by atoms with Crippen molar-refractivity contribution < 1.29 is 17.9 Å². The van der Waals surface area contributed by atoms with Gasteiger partial charge in [0, 0.05) is 19.6 Å². The van der Waals surface area contributed by atoms with E-state index in [2.05, 4.69) is 10.0 Å². The van der Waals surface area contributed by atoms with Crippen LogP contribution in [0.3, 0.4) is 0 Å². The molecule has 8 heteroatoms. The highest BCUT2D eigenvalue weighted by molar-refractivity contribution is 7.89. The molecule has 0 spiro atoms. The van der Waals surface area contributed by atoms with Gasteiger partial charge in [-0.05, 0) is 17.7 Å². The number of hydrogen-bond acceptors (Lipinski definition) is 5. The van der Waals surface area contributed by atoms with Crippen molar-refractivity contribution in [2.75, 3.05) is 25.6 Å². The number of ether oxygens (including phenoxy) is 2. The van der Waals surface area contributed by atoms with Gasteiger partial charge in [0.2, 0.25) is 16.8 Å². The van der Waals surface area contributed by atoms with E-state index in [0.29, 0.717) is 36.2 Å². The van der Waals surface area contributed by atoms with Crippen LogP contribution in [0.15, 0.2) is 12.1 Å². The fourth-order valence-electron chi connectivity index (χ4n) is 1.85. The molecule has 6 nitrogen and oxygen atoms in total. The first-order valence-corrected chi connectivity index (χ1v) is 8.31. The van der Waals surface area contributed by atoms with Crippen LogP contribution in [0.2, 0.25) is 5.02 Å². The Kier molecular flexibility index (Phi) is 5.09. The molecule has 2 N–H and O–H groups in total. The van der Waals surface area contributed by atoms with E-state index < -0.39 is 10.0 Å². The summed E-state index contributed by atoms with van der Waals surface area (Å²) in [6, 6.07) is 3.61. The Morgan fingerprint density at radius 1 is 1.35 bits per heavy atom. The molecule has 0 atom stereocenters. The molecule has 0 fully saturated rings. The zero-order valence-electron chi connectivity index (χ0n) is 11.1. The van der Waals surface area contributed by atoms with Crippen LogP contribution in [0.5, 0.6) is 11.5 Å². The molecule has 0 aromatic heterocycles. The molecule has 0 amide bonds. The van der Waals surface area contributed by atoms with Crippen LogP contribution in [0.1, 0.15) is 12.5 Å². The smallest absolute Gasteiger partial charge is 0.231 e. The van der Waals surface area contributed by atoms with Crippen molar-refractivity contribution in [3.63, 3.8) is 0 Å². The van der Waals surface area contributed by atoms with E-state index in [1.165, 1.54) is 0 Å². The van der Waals surface area contributed by atoms with Crippen molar-refractivity contribution in [2.45, 2.75) is 13.5 Å². The molecule has 0 saturated heterocycles. The van der Waals surface area contributed by atoms with E-state index in [0.717, 1.165) is 5.56 Å². The Morgan fingerprint density at radius 2 is 2.15 bits per heavy atom. The van der Waals surface area contributed by atoms with Crippen LogP contribution in [0.4, 0.5) is 0 Å². The van der Waals surface area contributed by atoms with Gasteiger partial charge in [-0.15, -0.1) is 0 Å². The highest BCUT2D eigenvalue weighted by Crippen LogP contribution is 2.39. The van der Waals surface area contributed by atoms with Crippen LogP contribution in [-0.4, -0.2) is 34.1 Å². The van der Waals surface area contributed by atoms with Crippen molar-refractivity contribution in [3.8, 4) is 11.5 Å². The first kappa shape index (κ1) is 15.4. The normalized spacial score (nSPS) is 13.7. The Morgan fingerprint density at radius 3 is 2.90 bits per heavy atom. The summed E-state index contributed by atoms with van der Waals surface area (Å²) in [4.78, 5) is 0. The number of fused-ring (bicyclic) bond motifs is 1. The lowest BCUT2D eigenvalue weighted by Crippen LogP contribution is -2.31. The third-order valence-electron chi connectivity index (χ3n) is 2.73. The lowest BCUT2D eigenvalue weighted by Gasteiger charge is -2.08. The Labute approximate surface area is 123 Å². The zero-order valence-corrected chi connectivity index (χ0v) is 12.7. The summed E-state index contributed by atoms with van der Waals surface area (Å²) in [5.74, 6) is 1.22. The van der Waals surface area contributed by atoms with E-state index >= 15 is 0 Å². The van der Waals surface area contributed by atoms with E-state index in [9.17, 15) is 8.42 Å². The molecule has 1 aliphatic rings. The summed E-state index contributed by atoms with van der Waals surface area (Å²) in [5.41, 5.74) is 0.917. The predicted molar refractivity (Wildman–Crippen MR) is 76.7 cm³/mol. The van der Waals surface area contributed by atoms with Crippen molar-refractivity contribution in [2.24, 2.45) is 0 Å². The summed E-state index contributed by atoms with van der Waals surface area (Å²) >= 11 is 6.06. The second-order valence-electron chi connectivity index (χ2n) is 4.30. The van der Waals surface area contributed by atoms with Crippen molar-refractivity contribution >= 4 is 21.6 Å². The molecular formula is C12H17ClN2O4S. The second-order valence-corrected chi connectivity index (χ2v) is 6.64. The first-order chi connectivity index (χ1) is 9.52. The number of halogens is 1. The summed E-state index contributed by atoms with van der Waals surface area (Å²) in [6.07, 6.45) is 0. The summed E-state index contributed by atoms with van der Waals surface area (Å²) < 4.78 is 35.8. The summed E-state index contributed by atoms with van der Waals surface area (Å²) in [6.45, 7) is 3.20. The first-order valence-electron chi connectivity index (χ1n) is 6.28. The van der Waals surface area contributed by atoms with Crippen LogP contribution in [0, 0.1) is 0 Å². The fourth-order valence-corrected chi connectivity index (χ4v) is 3.14. The second kappa shape index (κ2) is 6.62. The minimum atomic E-state index is -3.19. The van der Waals surface area contributed by atoms with Gasteiger partial charge in [-0.3, -0.25) is 0 Å². The monoisotopic (exact) mass is 320 g/mol. The molecule has 0 aliphatic carbocycles. The van der Waals surface area contributed by atoms with Gasteiger partial charge >= 0.3 is 0 Å². The highest BCUT2D eigenvalue weighted by atomic mass is 35.5. The molecule has 1 aromatic rings. The van der Waals surface area contributed by atoms with E-state index in [4.69, 9.17) is 21.1 Å². The molecule has 20 heavy (non-hydrogen) atoms. The van der Waals surface area contributed by atoms with Gasteiger partial charge in [0.15, 0.2) is 11.5 Å². The van der Waals surface area contributed by atoms with Crippen LogP contribution in [-0.2, 0) is 16.6 Å². The Bertz CT molecular complexity index is 577. The molecule has 0 saturated carbocycles. The molecule has 1 aromatic carbocycles. The quantitative estimate of drug-likeness (QED) is 0.736. The standard InChI is InChI=1S/C12H17ClN2O4S/c1-2-15-20(16,17)4-3-14-7-9-5-10(13)12-11(6-9)18-8-19-12/h5-6,14-15H,2-4,7-8H2,1H3. The minimum Gasteiger partial charge on any atom is -0.454 e. The van der Waals surface area contributed by atoms with Crippen LogP contribution < -0.4 is 19.5 Å². The average molecular weight is 321 g/mol. The average Bonchev–Trinajstić information content (AvgIpc) is 2.83. The number of rotatable bonds is 7. The van der Waals surface area contributed by atoms with Gasteiger partial charge < -0.3 is 14.8 Å². The Hall–Kier alpha value is -1.02. The lowest BCUT2D eigenvalue weighted by molar-refractivity contribution is 0.174. The molecule has 1 heterocycles. The molecule has 0 bridgehead atoms. The maximum atomic E-state index is 11.4. The van der Waals surface area contributed by atoms with Gasteiger partial charge in [-0.2, -0.15) is 0 Å². The largest absolute Gasteiger partial charge is 0.454 e. The van der Waals surface area contributed by atoms with Gasteiger partial charge in [0.25, 0.3) is 0 Å². The van der Waals surface area contributed by atoms with Crippen LogP contribution >= 0.6 is 11.6 Å². The van der Waals surface area contributed by atoms with Crippen LogP contribution in [0.25, 0.3) is 0 Å². The number of benzene rings is 1. The molecule has 2 rings (SSSR count). The van der Waals surface area contributed by atoms with Gasteiger partial charge in [0.05, 0.1) is 10.8 Å². The number of hydrogen-bond donors (Lipinski definition) is 2. The third kappa shape index (κ3) is 3.99. The SMILES string of the molecule is CCNS(=O)(=O)CCNCc1cc(Cl)c2c(c1)OCO2. The van der Waals surface area contributed by atoms with Gasteiger partial charge in [-0.25, -0.2) is 13.1 Å². The molecular weight excluding hydrogens is 304 g/mol. The van der Waals surface area contributed by atoms with Gasteiger partial charge in [-0.1, -0.05) is 18.5 Å². The van der Waals surface area contributed by atoms with Crippen molar-refractivity contribution in [3.05, 3.63) is 22.7 Å². The fraction of sp³-hybridized carbons (Fsp3) is 0.500. The molecule has 112 valence electrons. The molecule has 0 radical (unpaired) electrons. The minimum absolute atomic E-state index is 0.0408. The maximum absolute atomic E-state index is 11.4. The van der Waals surface area contributed by atoms with Gasteiger partial charge in [0.1, 0.15) is 0 Å². The zero-order chi connectivity index (χ0) is 14.6. The van der Waals surface area contributed by atoms with Crippen molar-refractivity contribution in [1.29, 1.82) is 0 Å². The number of sulfonamides is 1. The third-order valence-corrected chi connectivity index (χ3v) is 4.48. The summed E-state index contributed by atoms with van der Waals surface area (Å²) in [7, 11) is -3.19. The number of nitrogens with one attached hydrogen (secondary N) is 2. The van der Waals surface area contributed by atoms with Crippen molar-refractivity contribution in [1.82, 2.24) is 10.0 Å². The Balaban J connectivity index is 1.85. The maximum Gasteiger partial charge on any atom is 0.231 e. The summed E-state index contributed by atoms with van der Waals surface area (Å²) in [5, 5.41) is 3.56. The van der Waals surface area contributed by atoms with E-state index in [-0.39, 0.29) is 12.5 Å². The highest BCUT2D eigenvalue weighted by Gasteiger charge is 2.18. The topological polar surface area (TPSA) is 76.7 Å². The van der Waals surface area contributed by atoms with E-state index in [1.54, 1.807) is 13.0 Å². The van der Waals surface area contributed by atoms with E-state index in [1.807, 2.05) is 6.07 Å².